The summed E-state index contributed by atoms with van der Waals surface area (Å²) in [5, 5.41) is 3.79. The summed E-state index contributed by atoms with van der Waals surface area (Å²) in [5.74, 6) is 0.759. The summed E-state index contributed by atoms with van der Waals surface area (Å²) in [5.41, 5.74) is 0.537. The summed E-state index contributed by atoms with van der Waals surface area (Å²) in [7, 11) is 0. The van der Waals surface area contributed by atoms with Crippen molar-refractivity contribution in [3.63, 3.8) is 0 Å². The van der Waals surface area contributed by atoms with Gasteiger partial charge in [-0.05, 0) is 56.7 Å². The van der Waals surface area contributed by atoms with Gasteiger partial charge in [-0.25, -0.2) is 0 Å². The lowest BCUT2D eigenvalue weighted by Gasteiger charge is -2.38. The van der Waals surface area contributed by atoms with Gasteiger partial charge in [-0.3, -0.25) is 0 Å². The molecule has 0 spiro atoms. The molecular formula is C19H40N2. The maximum Gasteiger partial charge on any atom is 0.00501 e. The average Bonchev–Trinajstić information content (AvgIpc) is 2.65. The standard InChI is InChI=1S/C19H40N2/c1-5-13-21(14-6-2)17-19(16-20-15-18(3)4)11-9-7-8-10-12-19/h18,20H,5-17H2,1-4H3. The van der Waals surface area contributed by atoms with E-state index in [9.17, 15) is 0 Å². The van der Waals surface area contributed by atoms with Gasteiger partial charge in [0, 0.05) is 13.1 Å². The quantitative estimate of drug-likeness (QED) is 0.588. The molecule has 1 aliphatic rings. The summed E-state index contributed by atoms with van der Waals surface area (Å²) in [6.45, 7) is 15.5. The van der Waals surface area contributed by atoms with E-state index >= 15 is 0 Å². The fraction of sp³-hybridized carbons (Fsp3) is 1.00. The van der Waals surface area contributed by atoms with Gasteiger partial charge >= 0.3 is 0 Å². The van der Waals surface area contributed by atoms with E-state index in [1.165, 1.54) is 84.1 Å². The van der Waals surface area contributed by atoms with Crippen molar-refractivity contribution in [2.75, 3.05) is 32.7 Å². The van der Waals surface area contributed by atoms with Crippen LogP contribution < -0.4 is 5.32 Å². The van der Waals surface area contributed by atoms with Crippen LogP contribution in [0.4, 0.5) is 0 Å². The van der Waals surface area contributed by atoms with E-state index in [4.69, 9.17) is 0 Å². The van der Waals surface area contributed by atoms with Gasteiger partial charge in [-0.2, -0.15) is 0 Å². The first-order valence-electron chi connectivity index (χ1n) is 9.55. The Hall–Kier alpha value is -0.0800. The summed E-state index contributed by atoms with van der Waals surface area (Å²) in [4.78, 5) is 2.74. The highest BCUT2D eigenvalue weighted by molar-refractivity contribution is 4.87. The number of hydrogen-bond acceptors (Lipinski definition) is 2. The normalized spacial score (nSPS) is 19.1. The van der Waals surface area contributed by atoms with Crippen molar-refractivity contribution in [1.82, 2.24) is 10.2 Å². The molecule has 126 valence electrons. The predicted octanol–water partition coefficient (Wildman–Crippen LogP) is 4.69. The first kappa shape index (κ1) is 19.0. The van der Waals surface area contributed by atoms with E-state index in [1.807, 2.05) is 0 Å². The van der Waals surface area contributed by atoms with Crippen LogP contribution in [0.1, 0.15) is 79.1 Å². The molecule has 0 aromatic carbocycles. The zero-order valence-corrected chi connectivity index (χ0v) is 15.2. The molecule has 1 N–H and O–H groups in total. The molecule has 0 atom stereocenters. The zero-order valence-electron chi connectivity index (χ0n) is 15.2. The minimum atomic E-state index is 0.537. The number of nitrogens with zero attached hydrogens (tertiary/aromatic N) is 1. The maximum atomic E-state index is 3.79. The van der Waals surface area contributed by atoms with Crippen LogP contribution in [0, 0.1) is 11.3 Å². The molecule has 1 saturated carbocycles. The van der Waals surface area contributed by atoms with Gasteiger partial charge in [0.25, 0.3) is 0 Å². The Morgan fingerprint density at radius 2 is 1.52 bits per heavy atom. The molecule has 0 radical (unpaired) electrons. The topological polar surface area (TPSA) is 15.3 Å². The van der Waals surface area contributed by atoms with Crippen molar-refractivity contribution >= 4 is 0 Å². The molecule has 0 aromatic heterocycles. The maximum absolute atomic E-state index is 3.79. The van der Waals surface area contributed by atoms with Crippen molar-refractivity contribution in [2.24, 2.45) is 11.3 Å². The van der Waals surface area contributed by atoms with Gasteiger partial charge in [0.2, 0.25) is 0 Å². The second-order valence-electron chi connectivity index (χ2n) is 7.72. The fourth-order valence-electron chi connectivity index (χ4n) is 3.87. The number of rotatable bonds is 10. The van der Waals surface area contributed by atoms with Gasteiger partial charge in [0.1, 0.15) is 0 Å². The van der Waals surface area contributed by atoms with E-state index in [0.717, 1.165) is 5.92 Å². The number of nitrogens with one attached hydrogen (secondary N) is 1. The summed E-state index contributed by atoms with van der Waals surface area (Å²) >= 11 is 0. The van der Waals surface area contributed by atoms with Crippen LogP contribution in [0.2, 0.25) is 0 Å². The van der Waals surface area contributed by atoms with E-state index < -0.39 is 0 Å². The Morgan fingerprint density at radius 1 is 0.952 bits per heavy atom. The van der Waals surface area contributed by atoms with Crippen LogP contribution in [-0.2, 0) is 0 Å². The lowest BCUT2D eigenvalue weighted by atomic mass is 9.79. The Labute approximate surface area is 134 Å². The Kier molecular flexibility index (Phi) is 9.59. The molecule has 2 heteroatoms. The van der Waals surface area contributed by atoms with Crippen LogP contribution in [0.3, 0.4) is 0 Å². The van der Waals surface area contributed by atoms with Gasteiger partial charge in [-0.1, -0.05) is 53.4 Å². The van der Waals surface area contributed by atoms with Crippen molar-refractivity contribution < 1.29 is 0 Å². The SMILES string of the molecule is CCCN(CCC)CC1(CNCC(C)C)CCCCCC1. The highest BCUT2D eigenvalue weighted by Crippen LogP contribution is 2.35. The van der Waals surface area contributed by atoms with Crippen LogP contribution >= 0.6 is 0 Å². The van der Waals surface area contributed by atoms with Crippen molar-refractivity contribution in [3.05, 3.63) is 0 Å². The first-order valence-corrected chi connectivity index (χ1v) is 9.55. The molecule has 0 heterocycles. The van der Waals surface area contributed by atoms with E-state index in [0.29, 0.717) is 5.41 Å². The van der Waals surface area contributed by atoms with Gasteiger partial charge < -0.3 is 10.2 Å². The second kappa shape index (κ2) is 10.6. The van der Waals surface area contributed by atoms with Crippen molar-refractivity contribution in [2.45, 2.75) is 79.1 Å². The average molecular weight is 297 g/mol. The minimum absolute atomic E-state index is 0.537. The van der Waals surface area contributed by atoms with E-state index in [-0.39, 0.29) is 0 Å². The fourth-order valence-corrected chi connectivity index (χ4v) is 3.87. The van der Waals surface area contributed by atoms with Crippen LogP contribution in [-0.4, -0.2) is 37.6 Å². The molecule has 21 heavy (non-hydrogen) atoms. The van der Waals surface area contributed by atoms with Crippen LogP contribution in [0.5, 0.6) is 0 Å². The van der Waals surface area contributed by atoms with Crippen molar-refractivity contribution in [3.8, 4) is 0 Å². The number of hydrogen-bond donors (Lipinski definition) is 1. The highest BCUT2D eigenvalue weighted by Gasteiger charge is 2.32. The second-order valence-corrected chi connectivity index (χ2v) is 7.72. The third-order valence-corrected chi connectivity index (χ3v) is 4.86. The monoisotopic (exact) mass is 296 g/mol. The smallest absolute Gasteiger partial charge is 0.00501 e. The van der Waals surface area contributed by atoms with Crippen LogP contribution in [0.15, 0.2) is 0 Å². The predicted molar refractivity (Wildman–Crippen MR) is 94.9 cm³/mol. The molecular weight excluding hydrogens is 256 g/mol. The van der Waals surface area contributed by atoms with Gasteiger partial charge in [-0.15, -0.1) is 0 Å². The molecule has 0 saturated heterocycles. The molecule has 2 nitrogen and oxygen atoms in total. The molecule has 0 aromatic rings. The zero-order chi connectivity index (χ0) is 15.6. The lowest BCUT2D eigenvalue weighted by molar-refractivity contribution is 0.125. The molecule has 0 unspecified atom stereocenters. The van der Waals surface area contributed by atoms with Gasteiger partial charge in [0.05, 0.1) is 0 Å². The molecule has 0 aliphatic heterocycles. The Morgan fingerprint density at radius 3 is 2.00 bits per heavy atom. The third-order valence-electron chi connectivity index (χ3n) is 4.86. The first-order chi connectivity index (χ1) is 10.1. The summed E-state index contributed by atoms with van der Waals surface area (Å²) in [6.07, 6.45) is 11.2. The minimum Gasteiger partial charge on any atom is -0.316 e. The third kappa shape index (κ3) is 7.65. The Balaban J connectivity index is 2.64. The van der Waals surface area contributed by atoms with Crippen molar-refractivity contribution in [1.29, 1.82) is 0 Å². The highest BCUT2D eigenvalue weighted by atomic mass is 15.1. The van der Waals surface area contributed by atoms with E-state index in [2.05, 4.69) is 37.9 Å². The molecule has 1 fully saturated rings. The molecule has 1 aliphatic carbocycles. The lowest BCUT2D eigenvalue weighted by Crippen LogP contribution is -2.45. The molecule has 0 bridgehead atoms. The molecule has 0 amide bonds. The summed E-state index contributed by atoms with van der Waals surface area (Å²) in [6, 6.07) is 0. The van der Waals surface area contributed by atoms with E-state index in [1.54, 1.807) is 0 Å². The van der Waals surface area contributed by atoms with Crippen LogP contribution in [0.25, 0.3) is 0 Å². The molecule has 1 rings (SSSR count). The largest absolute Gasteiger partial charge is 0.316 e. The Bertz CT molecular complexity index is 236. The summed E-state index contributed by atoms with van der Waals surface area (Å²) < 4.78 is 0. The van der Waals surface area contributed by atoms with Gasteiger partial charge in [0.15, 0.2) is 0 Å².